The second kappa shape index (κ2) is 10.8. The van der Waals surface area contributed by atoms with Crippen LogP contribution in [0.5, 0.6) is 0 Å². The molecule has 1 saturated heterocycles. The second-order valence-corrected chi connectivity index (χ2v) is 9.92. The average molecular weight is 519 g/mol. The zero-order chi connectivity index (χ0) is 26.8. The Bertz CT molecular complexity index is 1590. The van der Waals surface area contributed by atoms with Gasteiger partial charge < -0.3 is 15.8 Å². The zero-order valence-electron chi connectivity index (χ0n) is 21.7. The van der Waals surface area contributed by atoms with Crippen LogP contribution >= 0.6 is 0 Å². The van der Waals surface area contributed by atoms with Crippen molar-refractivity contribution < 1.29 is 14.3 Å². The van der Waals surface area contributed by atoms with Gasteiger partial charge in [0.2, 0.25) is 11.6 Å². The van der Waals surface area contributed by atoms with E-state index >= 15 is 0 Å². The minimum absolute atomic E-state index is 0.0402. The minimum atomic E-state index is -0.323. The normalized spacial score (nSPS) is 16.0. The lowest BCUT2D eigenvalue weighted by molar-refractivity contribution is 0.0385. The summed E-state index contributed by atoms with van der Waals surface area (Å²) < 4.78 is 5.48. The largest absolute Gasteiger partial charge is 0.394 e. The van der Waals surface area contributed by atoms with E-state index in [0.717, 1.165) is 61.5 Å². The molecule has 2 aliphatic rings. The van der Waals surface area contributed by atoms with Crippen molar-refractivity contribution in [2.75, 3.05) is 32.8 Å². The van der Waals surface area contributed by atoms with Crippen LogP contribution in [0.25, 0.3) is 22.0 Å². The van der Waals surface area contributed by atoms with Crippen molar-refractivity contribution in [2.24, 2.45) is 5.73 Å². The number of nitrogens with one attached hydrogen (secondary N) is 1. The van der Waals surface area contributed by atoms with E-state index in [-0.39, 0.29) is 23.0 Å². The third-order valence-corrected chi connectivity index (χ3v) is 7.55. The Morgan fingerprint density at radius 3 is 2.36 bits per heavy atom. The lowest BCUT2D eigenvalue weighted by atomic mass is 9.90. The number of fused-ring (bicyclic) bond motifs is 2. The Morgan fingerprint density at radius 1 is 0.846 bits per heavy atom. The molecule has 6 rings (SSSR count). The smallest absolute Gasteiger partial charge is 0.211 e. The SMILES string of the molecule is NC1=C(NCc2ccc(-c3ccc(CCN4CCOCC4)c4cccnc34)cc2)C(=O)c2ccccc2C1=O. The van der Waals surface area contributed by atoms with Crippen LogP contribution in [0, 0.1) is 0 Å². The molecule has 4 aromatic rings. The number of benzene rings is 3. The number of morpholine rings is 1. The number of aromatic nitrogens is 1. The summed E-state index contributed by atoms with van der Waals surface area (Å²) in [6.07, 6.45) is 2.81. The molecular weight excluding hydrogens is 488 g/mol. The van der Waals surface area contributed by atoms with Gasteiger partial charge in [-0.15, -0.1) is 0 Å². The van der Waals surface area contributed by atoms with Crippen LogP contribution in [0.4, 0.5) is 0 Å². The Hall–Kier alpha value is -4.33. The van der Waals surface area contributed by atoms with Crippen LogP contribution in [0.3, 0.4) is 0 Å². The summed E-state index contributed by atoms with van der Waals surface area (Å²) in [6.45, 7) is 4.96. The number of rotatable bonds is 7. The highest BCUT2D eigenvalue weighted by Crippen LogP contribution is 2.30. The van der Waals surface area contributed by atoms with Gasteiger partial charge in [0.05, 0.1) is 18.7 Å². The predicted octanol–water partition coefficient (Wildman–Crippen LogP) is 4.12. The summed E-state index contributed by atoms with van der Waals surface area (Å²) in [4.78, 5) is 32.8. The molecule has 0 saturated carbocycles. The number of hydrogen-bond donors (Lipinski definition) is 2. The van der Waals surface area contributed by atoms with Gasteiger partial charge in [0.25, 0.3) is 0 Å². The summed E-state index contributed by atoms with van der Waals surface area (Å²) in [5.74, 6) is -0.582. The summed E-state index contributed by atoms with van der Waals surface area (Å²) in [5.41, 5.74) is 12.3. The molecule has 196 valence electrons. The van der Waals surface area contributed by atoms with E-state index in [0.29, 0.717) is 17.7 Å². The van der Waals surface area contributed by atoms with Crippen LogP contribution in [-0.4, -0.2) is 54.3 Å². The van der Waals surface area contributed by atoms with E-state index < -0.39 is 0 Å². The van der Waals surface area contributed by atoms with E-state index in [1.165, 1.54) is 10.9 Å². The molecule has 39 heavy (non-hydrogen) atoms. The van der Waals surface area contributed by atoms with E-state index in [4.69, 9.17) is 15.5 Å². The minimum Gasteiger partial charge on any atom is -0.394 e. The molecule has 1 aliphatic heterocycles. The lowest BCUT2D eigenvalue weighted by Crippen LogP contribution is -2.37. The number of nitrogens with two attached hydrogens (primary N) is 1. The number of nitrogens with zero attached hydrogens (tertiary/aromatic N) is 2. The summed E-state index contributed by atoms with van der Waals surface area (Å²) in [6, 6.07) is 23.5. The monoisotopic (exact) mass is 518 g/mol. The van der Waals surface area contributed by atoms with Gasteiger partial charge in [-0.25, -0.2) is 0 Å². The van der Waals surface area contributed by atoms with Crippen LogP contribution in [-0.2, 0) is 17.7 Å². The fourth-order valence-corrected chi connectivity index (χ4v) is 5.35. The van der Waals surface area contributed by atoms with Crippen molar-refractivity contribution in [1.82, 2.24) is 15.2 Å². The standard InChI is InChI=1S/C32H30N4O3/c33-28-30(32(38)27-5-2-1-4-26(27)31(28)37)35-20-21-7-9-22(10-8-21)25-12-11-23(24-6-3-14-34-29(24)25)13-15-36-16-18-39-19-17-36/h1-12,14,35H,13,15-20,33H2. The number of ketones is 2. The van der Waals surface area contributed by atoms with Gasteiger partial charge >= 0.3 is 0 Å². The van der Waals surface area contributed by atoms with E-state index in [1.807, 2.05) is 24.4 Å². The molecule has 0 unspecified atom stereocenters. The highest BCUT2D eigenvalue weighted by molar-refractivity contribution is 6.26. The third kappa shape index (κ3) is 4.94. The molecule has 7 nitrogen and oxygen atoms in total. The molecular formula is C32H30N4O3. The molecule has 3 aromatic carbocycles. The second-order valence-electron chi connectivity index (χ2n) is 9.92. The number of carbonyl (C=O) groups excluding carboxylic acids is 2. The molecule has 7 heteroatoms. The van der Waals surface area contributed by atoms with Crippen LogP contribution in [0.2, 0.25) is 0 Å². The van der Waals surface area contributed by atoms with Crippen molar-refractivity contribution in [2.45, 2.75) is 13.0 Å². The van der Waals surface area contributed by atoms with Gasteiger partial charge in [0.1, 0.15) is 11.4 Å². The number of Topliss-reactive ketones (excluding diaryl/α,β-unsaturated/α-hetero) is 2. The summed E-state index contributed by atoms with van der Waals surface area (Å²) >= 11 is 0. The quantitative estimate of drug-likeness (QED) is 0.380. The molecule has 0 bridgehead atoms. The topological polar surface area (TPSA) is 97.5 Å². The molecule has 1 fully saturated rings. The van der Waals surface area contributed by atoms with E-state index in [1.54, 1.807) is 24.3 Å². The highest BCUT2D eigenvalue weighted by atomic mass is 16.5. The van der Waals surface area contributed by atoms with E-state index in [9.17, 15) is 9.59 Å². The molecule has 0 spiro atoms. The van der Waals surface area contributed by atoms with Crippen molar-refractivity contribution in [3.05, 3.63) is 113 Å². The molecule has 0 amide bonds. The summed E-state index contributed by atoms with van der Waals surface area (Å²) in [7, 11) is 0. The van der Waals surface area contributed by atoms with Crippen LogP contribution in [0.15, 0.2) is 90.4 Å². The van der Waals surface area contributed by atoms with Crippen molar-refractivity contribution in [3.63, 3.8) is 0 Å². The Morgan fingerprint density at radius 2 is 1.59 bits per heavy atom. The maximum Gasteiger partial charge on any atom is 0.211 e. The van der Waals surface area contributed by atoms with Gasteiger partial charge in [-0.05, 0) is 29.2 Å². The Balaban J connectivity index is 1.19. The molecule has 0 atom stereocenters. The first-order valence-electron chi connectivity index (χ1n) is 13.3. The van der Waals surface area contributed by atoms with Crippen LogP contribution < -0.4 is 11.1 Å². The zero-order valence-corrected chi connectivity index (χ0v) is 21.7. The molecule has 1 aromatic heterocycles. The van der Waals surface area contributed by atoms with Crippen molar-refractivity contribution >= 4 is 22.5 Å². The number of ether oxygens (including phenoxy) is 1. The average Bonchev–Trinajstić information content (AvgIpc) is 2.99. The fraction of sp³-hybridized carbons (Fsp3) is 0.219. The van der Waals surface area contributed by atoms with Gasteiger partial charge in [-0.1, -0.05) is 66.7 Å². The number of allylic oxidation sites excluding steroid dienone is 2. The number of hydrogen-bond acceptors (Lipinski definition) is 7. The van der Waals surface area contributed by atoms with Crippen molar-refractivity contribution in [1.29, 1.82) is 0 Å². The van der Waals surface area contributed by atoms with Crippen LogP contribution in [0.1, 0.15) is 31.8 Å². The molecule has 0 radical (unpaired) electrons. The lowest BCUT2D eigenvalue weighted by Gasteiger charge is -2.26. The van der Waals surface area contributed by atoms with Gasteiger partial charge in [-0.2, -0.15) is 0 Å². The van der Waals surface area contributed by atoms with Crippen molar-refractivity contribution in [3.8, 4) is 11.1 Å². The van der Waals surface area contributed by atoms with Gasteiger partial charge in [0.15, 0.2) is 0 Å². The summed E-state index contributed by atoms with van der Waals surface area (Å²) in [5, 5.41) is 4.28. The van der Waals surface area contributed by atoms with E-state index in [2.05, 4.69) is 40.5 Å². The number of pyridine rings is 1. The predicted molar refractivity (Wildman–Crippen MR) is 151 cm³/mol. The maximum absolute atomic E-state index is 13.0. The fourth-order valence-electron chi connectivity index (χ4n) is 5.35. The first-order chi connectivity index (χ1) is 19.1. The number of carbonyl (C=O) groups is 2. The third-order valence-electron chi connectivity index (χ3n) is 7.55. The highest BCUT2D eigenvalue weighted by Gasteiger charge is 2.30. The maximum atomic E-state index is 13.0. The molecule has 2 heterocycles. The first-order valence-corrected chi connectivity index (χ1v) is 13.3. The Labute approximate surface area is 227 Å². The molecule has 1 aliphatic carbocycles. The Kier molecular flexibility index (Phi) is 6.92. The molecule has 3 N–H and O–H groups in total. The van der Waals surface area contributed by atoms with Gasteiger partial charge in [-0.3, -0.25) is 19.5 Å². The first kappa shape index (κ1) is 25.0. The van der Waals surface area contributed by atoms with Gasteiger partial charge in [0, 0.05) is 54.5 Å².